The van der Waals surface area contributed by atoms with E-state index >= 15 is 0 Å². The van der Waals surface area contributed by atoms with Crippen LogP contribution in [0.2, 0.25) is 0 Å². The first kappa shape index (κ1) is 20.3. The molecule has 0 amide bonds. The van der Waals surface area contributed by atoms with E-state index in [2.05, 4.69) is 35.1 Å². The van der Waals surface area contributed by atoms with Gasteiger partial charge in [0.05, 0.1) is 31.5 Å². The quantitative estimate of drug-likeness (QED) is 0.697. The van der Waals surface area contributed by atoms with E-state index in [1.54, 1.807) is 0 Å². The van der Waals surface area contributed by atoms with Gasteiger partial charge in [-0.25, -0.2) is 4.68 Å². The average molecular weight is 410 g/mol. The molecule has 3 fully saturated rings. The molecule has 0 radical (unpaired) electrons. The number of hydrogen-bond acceptors (Lipinski definition) is 6. The maximum Gasteiger partial charge on any atom is 0.226 e. The van der Waals surface area contributed by atoms with Crippen LogP contribution in [0.25, 0.3) is 0 Å². The first-order valence-corrected chi connectivity index (χ1v) is 11.2. The molecule has 0 bridgehead atoms. The highest BCUT2D eigenvalue weighted by Crippen LogP contribution is 2.25. The molecule has 158 valence electrons. The maximum absolute atomic E-state index is 5.91. The second kappa shape index (κ2) is 8.42. The molecule has 1 aromatic rings. The Labute approximate surface area is 173 Å². The van der Waals surface area contributed by atoms with Crippen LogP contribution in [-0.2, 0) is 22.7 Å². The summed E-state index contributed by atoms with van der Waals surface area (Å²) in [7, 11) is 0. The minimum Gasteiger partial charge on any atom is -0.376 e. The minimum absolute atomic E-state index is 0.119. The third kappa shape index (κ3) is 4.61. The molecule has 0 aliphatic carbocycles. The Balaban J connectivity index is 1.57. The van der Waals surface area contributed by atoms with Crippen LogP contribution < -0.4 is 4.90 Å². The molecule has 0 spiro atoms. The summed E-state index contributed by atoms with van der Waals surface area (Å²) in [6.45, 7) is 13.7. The Bertz CT molecular complexity index is 717. The lowest BCUT2D eigenvalue weighted by molar-refractivity contribution is -0.0947. The highest BCUT2D eigenvalue weighted by molar-refractivity contribution is 7.71. The van der Waals surface area contributed by atoms with Crippen LogP contribution in [0.3, 0.4) is 0 Å². The highest BCUT2D eigenvalue weighted by Gasteiger charge is 2.29. The van der Waals surface area contributed by atoms with Crippen molar-refractivity contribution in [2.24, 2.45) is 5.92 Å². The molecule has 1 unspecified atom stereocenters. The van der Waals surface area contributed by atoms with Gasteiger partial charge in [0.1, 0.15) is 0 Å². The van der Waals surface area contributed by atoms with Crippen LogP contribution in [0.4, 0.5) is 5.95 Å². The van der Waals surface area contributed by atoms with E-state index in [-0.39, 0.29) is 11.7 Å². The van der Waals surface area contributed by atoms with Crippen LogP contribution in [-0.4, -0.2) is 70.3 Å². The third-order valence-corrected chi connectivity index (χ3v) is 6.65. The van der Waals surface area contributed by atoms with Gasteiger partial charge in [0, 0.05) is 32.8 Å². The fraction of sp³-hybridized carbons (Fsp3) is 0.900. The predicted molar refractivity (Wildman–Crippen MR) is 112 cm³/mol. The lowest BCUT2D eigenvalue weighted by Crippen LogP contribution is -2.48. The van der Waals surface area contributed by atoms with E-state index in [1.807, 2.05) is 4.68 Å². The molecule has 8 heteroatoms. The van der Waals surface area contributed by atoms with Gasteiger partial charge in [-0.1, -0.05) is 6.92 Å². The molecule has 0 saturated carbocycles. The van der Waals surface area contributed by atoms with Crippen molar-refractivity contribution in [2.75, 3.05) is 44.3 Å². The standard InChI is InChI=1S/C20H35N5O2S/c1-16-6-8-23(9-7-16)18-21-25(15-22-10-12-27-20(2,3)14-22)19(28)24(18)13-17-5-4-11-26-17/h16-17H,4-15H2,1-3H3. The van der Waals surface area contributed by atoms with Crippen molar-refractivity contribution in [3.63, 3.8) is 0 Å². The summed E-state index contributed by atoms with van der Waals surface area (Å²) < 4.78 is 16.8. The first-order chi connectivity index (χ1) is 13.4. The van der Waals surface area contributed by atoms with E-state index in [0.29, 0.717) is 0 Å². The van der Waals surface area contributed by atoms with E-state index in [1.165, 1.54) is 12.8 Å². The largest absolute Gasteiger partial charge is 0.376 e. The van der Waals surface area contributed by atoms with Crippen molar-refractivity contribution < 1.29 is 9.47 Å². The summed E-state index contributed by atoms with van der Waals surface area (Å²) in [5.74, 6) is 1.82. The van der Waals surface area contributed by atoms with Crippen molar-refractivity contribution in [3.05, 3.63) is 4.77 Å². The van der Waals surface area contributed by atoms with Crippen molar-refractivity contribution >= 4 is 18.2 Å². The van der Waals surface area contributed by atoms with E-state index in [0.717, 1.165) is 82.1 Å². The van der Waals surface area contributed by atoms with Gasteiger partial charge in [-0.15, -0.1) is 5.10 Å². The van der Waals surface area contributed by atoms with Crippen molar-refractivity contribution in [1.29, 1.82) is 0 Å². The SMILES string of the molecule is CC1CCN(c2nn(CN3CCOC(C)(C)C3)c(=S)n2CC2CCCO2)CC1. The Morgan fingerprint density at radius 2 is 1.93 bits per heavy atom. The van der Waals surface area contributed by atoms with Gasteiger partial charge >= 0.3 is 0 Å². The van der Waals surface area contributed by atoms with E-state index in [9.17, 15) is 0 Å². The molecule has 7 nitrogen and oxygen atoms in total. The normalized spacial score (nSPS) is 26.8. The maximum atomic E-state index is 5.91. The molecule has 3 saturated heterocycles. The summed E-state index contributed by atoms with van der Waals surface area (Å²) in [5, 5.41) is 5.01. The average Bonchev–Trinajstić information content (AvgIpc) is 3.26. The number of nitrogens with zero attached hydrogens (tertiary/aromatic N) is 5. The van der Waals surface area contributed by atoms with Crippen molar-refractivity contribution in [3.8, 4) is 0 Å². The zero-order valence-electron chi connectivity index (χ0n) is 17.6. The Morgan fingerprint density at radius 3 is 2.61 bits per heavy atom. The molecule has 0 aromatic carbocycles. The minimum atomic E-state index is -0.119. The number of morpholine rings is 1. The molecule has 4 rings (SSSR count). The van der Waals surface area contributed by atoms with Crippen LogP contribution in [0.15, 0.2) is 0 Å². The Kier molecular flexibility index (Phi) is 6.11. The summed E-state index contributed by atoms with van der Waals surface area (Å²) in [4.78, 5) is 4.81. The summed E-state index contributed by atoms with van der Waals surface area (Å²) in [6.07, 6.45) is 4.95. The molecule has 3 aliphatic heterocycles. The number of aromatic nitrogens is 3. The van der Waals surface area contributed by atoms with Crippen LogP contribution in [0.5, 0.6) is 0 Å². The Morgan fingerprint density at radius 1 is 1.14 bits per heavy atom. The number of anilines is 1. The topological polar surface area (TPSA) is 47.7 Å². The number of hydrogen-bond donors (Lipinski definition) is 0. The van der Waals surface area contributed by atoms with Gasteiger partial charge in [0.15, 0.2) is 0 Å². The molecule has 1 aromatic heterocycles. The van der Waals surface area contributed by atoms with Gasteiger partial charge in [-0.05, 0) is 57.7 Å². The fourth-order valence-electron chi connectivity index (χ4n) is 4.54. The van der Waals surface area contributed by atoms with Crippen molar-refractivity contribution in [2.45, 2.75) is 71.4 Å². The fourth-order valence-corrected chi connectivity index (χ4v) is 4.80. The summed E-state index contributed by atoms with van der Waals surface area (Å²) >= 11 is 5.89. The molecule has 0 N–H and O–H groups in total. The number of ether oxygens (including phenoxy) is 2. The van der Waals surface area contributed by atoms with Crippen LogP contribution in [0, 0.1) is 10.7 Å². The Hall–Kier alpha value is -0.960. The van der Waals surface area contributed by atoms with Crippen LogP contribution in [0.1, 0.15) is 46.5 Å². The molecule has 3 aliphatic rings. The van der Waals surface area contributed by atoms with E-state index < -0.39 is 0 Å². The molecule has 28 heavy (non-hydrogen) atoms. The lowest BCUT2D eigenvalue weighted by Gasteiger charge is -2.37. The first-order valence-electron chi connectivity index (χ1n) is 10.8. The zero-order chi connectivity index (χ0) is 19.7. The van der Waals surface area contributed by atoms with E-state index in [4.69, 9.17) is 26.8 Å². The second-order valence-electron chi connectivity index (χ2n) is 9.30. The van der Waals surface area contributed by atoms with Crippen molar-refractivity contribution in [1.82, 2.24) is 19.2 Å². The zero-order valence-corrected chi connectivity index (χ0v) is 18.4. The molecule has 4 heterocycles. The summed E-state index contributed by atoms with van der Waals surface area (Å²) in [5.41, 5.74) is -0.119. The van der Waals surface area contributed by atoms with Gasteiger partial charge in [0.25, 0.3) is 0 Å². The predicted octanol–water partition coefficient (Wildman–Crippen LogP) is 2.90. The third-order valence-electron chi connectivity index (χ3n) is 6.22. The van der Waals surface area contributed by atoms with Gasteiger partial charge in [-0.3, -0.25) is 9.47 Å². The molecular weight excluding hydrogens is 374 g/mol. The van der Waals surface area contributed by atoms with Crippen LogP contribution >= 0.6 is 12.2 Å². The second-order valence-corrected chi connectivity index (χ2v) is 9.66. The summed E-state index contributed by atoms with van der Waals surface area (Å²) in [6, 6.07) is 0. The number of rotatable bonds is 5. The smallest absolute Gasteiger partial charge is 0.226 e. The molecular formula is C20H35N5O2S. The molecule has 1 atom stereocenters. The lowest BCUT2D eigenvalue weighted by atomic mass is 10.00. The van der Waals surface area contributed by atoms with Gasteiger partial charge < -0.3 is 14.4 Å². The highest BCUT2D eigenvalue weighted by atomic mass is 32.1. The number of piperidine rings is 1. The van der Waals surface area contributed by atoms with Gasteiger partial charge in [0.2, 0.25) is 10.7 Å². The van der Waals surface area contributed by atoms with Gasteiger partial charge in [-0.2, -0.15) is 0 Å². The monoisotopic (exact) mass is 409 g/mol.